The van der Waals surface area contributed by atoms with Crippen LogP contribution in [0.3, 0.4) is 0 Å². The first-order chi connectivity index (χ1) is 9.75. The van der Waals surface area contributed by atoms with Crippen LogP contribution >= 0.6 is 12.2 Å². The number of anilines is 1. The van der Waals surface area contributed by atoms with Gasteiger partial charge in [0.15, 0.2) is 5.11 Å². The number of thiocarbonyl (C=S) groups is 1. The smallest absolute Gasteiger partial charge is 0.171 e. The minimum Gasteiger partial charge on any atom is -0.362 e. The highest BCUT2D eigenvalue weighted by Crippen LogP contribution is 2.08. The molecule has 0 spiro atoms. The molecule has 2 N–H and O–H groups in total. The number of nitrogens with one attached hydrogen (secondary N) is 2. The van der Waals surface area contributed by atoms with Gasteiger partial charge in [0.05, 0.1) is 0 Å². The highest BCUT2D eigenvalue weighted by molar-refractivity contribution is 7.80. The average molecular weight is 285 g/mol. The van der Waals surface area contributed by atoms with Gasteiger partial charge in [-0.2, -0.15) is 0 Å². The summed E-state index contributed by atoms with van der Waals surface area (Å²) in [6.07, 6.45) is 3.86. The van der Waals surface area contributed by atoms with Crippen molar-refractivity contribution in [1.29, 1.82) is 0 Å². The van der Waals surface area contributed by atoms with Gasteiger partial charge in [0, 0.05) is 12.7 Å². The van der Waals surface area contributed by atoms with Crippen molar-refractivity contribution in [3.05, 3.63) is 59.8 Å². The Hall–Kier alpha value is -1.94. The predicted octanol–water partition coefficient (Wildman–Crippen LogP) is 3.31. The maximum Gasteiger partial charge on any atom is 0.171 e. The molecule has 0 unspecified atom stereocenters. The lowest BCUT2D eigenvalue weighted by Gasteiger charge is -2.11. The lowest BCUT2D eigenvalue weighted by atomic mass is 10.1. The molecular weight excluding hydrogens is 266 g/mol. The molecule has 0 aliphatic carbocycles. The van der Waals surface area contributed by atoms with Gasteiger partial charge in [-0.15, -0.1) is 0 Å². The molecule has 104 valence electrons. The van der Waals surface area contributed by atoms with E-state index in [1.807, 2.05) is 25.1 Å². The summed E-state index contributed by atoms with van der Waals surface area (Å²) in [6, 6.07) is 14.4. The highest BCUT2D eigenvalue weighted by atomic mass is 32.1. The van der Waals surface area contributed by atoms with Crippen molar-refractivity contribution in [3.63, 3.8) is 0 Å². The Labute approximate surface area is 125 Å². The molecular formula is C16H19N3S. The monoisotopic (exact) mass is 285 g/mol. The first-order valence-corrected chi connectivity index (χ1v) is 7.17. The molecule has 4 heteroatoms. The Balaban J connectivity index is 1.69. The molecule has 0 bridgehead atoms. The number of nitrogens with zero attached hydrogens (tertiary/aromatic N) is 1. The average Bonchev–Trinajstić information content (AvgIpc) is 2.47. The van der Waals surface area contributed by atoms with E-state index in [1.54, 1.807) is 6.20 Å². The zero-order valence-electron chi connectivity index (χ0n) is 11.6. The first-order valence-electron chi connectivity index (χ1n) is 6.76. The fourth-order valence-electron chi connectivity index (χ4n) is 1.91. The summed E-state index contributed by atoms with van der Waals surface area (Å²) < 4.78 is 0. The van der Waals surface area contributed by atoms with Crippen LogP contribution < -0.4 is 10.6 Å². The largest absolute Gasteiger partial charge is 0.362 e. The number of pyridine rings is 1. The van der Waals surface area contributed by atoms with Crippen LogP contribution in [0.15, 0.2) is 48.7 Å². The minimum absolute atomic E-state index is 0.625. The topological polar surface area (TPSA) is 37.0 Å². The van der Waals surface area contributed by atoms with E-state index in [1.165, 1.54) is 5.56 Å². The summed E-state index contributed by atoms with van der Waals surface area (Å²) in [7, 11) is 0. The zero-order valence-corrected chi connectivity index (χ0v) is 12.4. The fraction of sp³-hybridized carbons (Fsp3) is 0.250. The highest BCUT2D eigenvalue weighted by Gasteiger charge is 2.01. The van der Waals surface area contributed by atoms with Crippen LogP contribution in [0.4, 0.5) is 5.82 Å². The first kappa shape index (κ1) is 14.5. The molecule has 3 nitrogen and oxygen atoms in total. The third-order valence-electron chi connectivity index (χ3n) is 3.01. The molecule has 1 heterocycles. The van der Waals surface area contributed by atoms with Crippen molar-refractivity contribution >= 4 is 23.1 Å². The third kappa shape index (κ3) is 4.63. The van der Waals surface area contributed by atoms with Crippen molar-refractivity contribution in [2.75, 3.05) is 11.9 Å². The van der Waals surface area contributed by atoms with Crippen LogP contribution in [-0.2, 0) is 6.42 Å². The molecule has 1 aromatic heterocycles. The number of rotatable bonds is 5. The van der Waals surface area contributed by atoms with Gasteiger partial charge in [0.25, 0.3) is 0 Å². The molecule has 0 fully saturated rings. The van der Waals surface area contributed by atoms with Crippen LogP contribution in [0.5, 0.6) is 0 Å². The summed E-state index contributed by atoms with van der Waals surface area (Å²) in [5.74, 6) is 0.813. The van der Waals surface area contributed by atoms with Crippen molar-refractivity contribution < 1.29 is 0 Å². The Kier molecular flexibility index (Phi) is 5.50. The van der Waals surface area contributed by atoms with E-state index in [-0.39, 0.29) is 0 Å². The number of aromatic nitrogens is 1. The molecule has 0 saturated heterocycles. The molecule has 0 atom stereocenters. The van der Waals surface area contributed by atoms with Crippen LogP contribution in [0.2, 0.25) is 0 Å². The lowest BCUT2D eigenvalue weighted by Crippen LogP contribution is -2.30. The summed E-state index contributed by atoms with van der Waals surface area (Å²) in [6.45, 7) is 2.86. The summed E-state index contributed by atoms with van der Waals surface area (Å²) in [5.41, 5.74) is 2.44. The predicted molar refractivity (Wildman–Crippen MR) is 88.0 cm³/mol. The van der Waals surface area contributed by atoms with Crippen molar-refractivity contribution in [3.8, 4) is 0 Å². The number of aryl methyl sites for hydroxylation is 2. The van der Waals surface area contributed by atoms with Gasteiger partial charge in [-0.25, -0.2) is 4.98 Å². The molecule has 2 rings (SSSR count). The zero-order chi connectivity index (χ0) is 14.2. The molecule has 0 amide bonds. The molecule has 0 aliphatic rings. The maximum absolute atomic E-state index is 5.26. The number of hydrogen-bond donors (Lipinski definition) is 2. The second-order valence-corrected chi connectivity index (χ2v) is 5.05. The van der Waals surface area contributed by atoms with Gasteiger partial charge >= 0.3 is 0 Å². The fourth-order valence-corrected chi connectivity index (χ4v) is 2.11. The van der Waals surface area contributed by atoms with Gasteiger partial charge in [-0.3, -0.25) is 0 Å². The van der Waals surface area contributed by atoms with E-state index >= 15 is 0 Å². The van der Waals surface area contributed by atoms with Gasteiger partial charge in [-0.05, 0) is 49.2 Å². The van der Waals surface area contributed by atoms with Gasteiger partial charge in [0.1, 0.15) is 5.82 Å². The molecule has 2 aromatic rings. The Morgan fingerprint density at radius 1 is 1.15 bits per heavy atom. The minimum atomic E-state index is 0.625. The Bertz CT molecular complexity index is 555. The molecule has 0 aliphatic heterocycles. The van der Waals surface area contributed by atoms with E-state index in [4.69, 9.17) is 12.2 Å². The SMILES string of the molecule is Cc1cccnc1NC(=S)NCCCc1ccccc1. The van der Waals surface area contributed by atoms with E-state index < -0.39 is 0 Å². The van der Waals surface area contributed by atoms with Crippen LogP contribution in [0.25, 0.3) is 0 Å². The van der Waals surface area contributed by atoms with Crippen molar-refractivity contribution in [1.82, 2.24) is 10.3 Å². The van der Waals surface area contributed by atoms with E-state index in [2.05, 4.69) is 39.9 Å². The Morgan fingerprint density at radius 2 is 1.95 bits per heavy atom. The second-order valence-electron chi connectivity index (χ2n) is 4.64. The van der Waals surface area contributed by atoms with Crippen LogP contribution in [-0.4, -0.2) is 16.6 Å². The molecule has 0 radical (unpaired) electrons. The van der Waals surface area contributed by atoms with Crippen LogP contribution in [0.1, 0.15) is 17.5 Å². The second kappa shape index (κ2) is 7.60. The van der Waals surface area contributed by atoms with Crippen LogP contribution in [0, 0.1) is 6.92 Å². The molecule has 20 heavy (non-hydrogen) atoms. The summed E-state index contributed by atoms with van der Waals surface area (Å²) in [4.78, 5) is 4.26. The van der Waals surface area contributed by atoms with Gasteiger partial charge < -0.3 is 10.6 Å². The molecule has 1 aromatic carbocycles. The summed E-state index contributed by atoms with van der Waals surface area (Å²) in [5, 5.41) is 6.95. The van der Waals surface area contributed by atoms with Crippen molar-refractivity contribution in [2.24, 2.45) is 0 Å². The van der Waals surface area contributed by atoms with Gasteiger partial charge in [-0.1, -0.05) is 36.4 Å². The lowest BCUT2D eigenvalue weighted by molar-refractivity contribution is 0.777. The van der Waals surface area contributed by atoms with E-state index in [0.29, 0.717) is 5.11 Å². The third-order valence-corrected chi connectivity index (χ3v) is 3.26. The quantitative estimate of drug-likeness (QED) is 0.653. The normalized spacial score (nSPS) is 10.1. The molecule has 0 saturated carbocycles. The van der Waals surface area contributed by atoms with E-state index in [0.717, 1.165) is 30.8 Å². The van der Waals surface area contributed by atoms with Gasteiger partial charge in [0.2, 0.25) is 0 Å². The maximum atomic E-state index is 5.26. The number of hydrogen-bond acceptors (Lipinski definition) is 2. The van der Waals surface area contributed by atoms with Crippen molar-refractivity contribution in [2.45, 2.75) is 19.8 Å². The summed E-state index contributed by atoms with van der Waals surface area (Å²) >= 11 is 5.26. The Morgan fingerprint density at radius 3 is 2.70 bits per heavy atom. The standard InChI is InChI=1S/C16H19N3S/c1-13-7-5-11-17-15(13)19-16(20)18-12-6-10-14-8-3-2-4-9-14/h2-5,7-9,11H,6,10,12H2,1H3,(H2,17,18,19,20). The van der Waals surface area contributed by atoms with E-state index in [9.17, 15) is 0 Å². The number of benzene rings is 1.